The maximum Gasteiger partial charge on any atom is 0.321 e. The lowest BCUT2D eigenvalue weighted by Crippen LogP contribution is -2.55. The first-order chi connectivity index (χ1) is 11.3. The lowest BCUT2D eigenvalue weighted by atomic mass is 9.70. The average Bonchev–Trinajstić information content (AvgIpc) is 2.49. The fraction of sp³-hybridized carbons (Fsp3) is 0.812. The number of carbonyl (C=O) groups is 3. The van der Waals surface area contributed by atoms with Crippen LogP contribution in [0.1, 0.15) is 41.0 Å². The molecule has 0 aromatic heterocycles. The van der Waals surface area contributed by atoms with Crippen molar-refractivity contribution in [2.45, 2.75) is 59.2 Å². The van der Waals surface area contributed by atoms with Crippen molar-refractivity contribution >= 4 is 17.8 Å². The summed E-state index contributed by atoms with van der Waals surface area (Å²) in [5, 5.41) is 14.4. The Morgan fingerprint density at radius 1 is 1.04 bits per heavy atom. The summed E-state index contributed by atoms with van der Waals surface area (Å²) in [5.41, 5.74) is 15.0. The Hall–Kier alpha value is -1.71. The zero-order valence-corrected chi connectivity index (χ0v) is 15.8. The third-order valence-corrected chi connectivity index (χ3v) is 4.28. The number of aliphatic carboxylic acids is 1. The molecule has 2 amide bonds. The topological polar surface area (TPSA) is 174 Å². The zero-order valence-electron chi connectivity index (χ0n) is 15.8. The van der Waals surface area contributed by atoms with Crippen LogP contribution >= 0.6 is 0 Å². The van der Waals surface area contributed by atoms with Gasteiger partial charge in [-0.15, -0.1) is 0 Å². The molecule has 0 aliphatic rings. The quantitative estimate of drug-likeness (QED) is 0.282. The molecule has 0 radical (unpaired) electrons. The fourth-order valence-corrected chi connectivity index (χ4v) is 2.66. The van der Waals surface area contributed by atoms with Crippen LogP contribution in [0.3, 0.4) is 0 Å². The van der Waals surface area contributed by atoms with Crippen LogP contribution in [0.15, 0.2) is 0 Å². The van der Waals surface area contributed by atoms with Crippen molar-refractivity contribution in [2.75, 3.05) is 13.1 Å². The van der Waals surface area contributed by atoms with E-state index in [1.54, 1.807) is 34.6 Å². The van der Waals surface area contributed by atoms with E-state index in [-0.39, 0.29) is 37.4 Å². The average molecular weight is 359 g/mol. The Balaban J connectivity index is 4.91. The number of nitrogens with one attached hydrogen (secondary N) is 2. The minimum Gasteiger partial charge on any atom is -0.480 e. The Labute approximate surface area is 149 Å². The third-order valence-electron chi connectivity index (χ3n) is 4.28. The first-order valence-corrected chi connectivity index (χ1v) is 8.28. The Bertz CT molecular complexity index is 489. The highest BCUT2D eigenvalue weighted by Crippen LogP contribution is 2.36. The van der Waals surface area contributed by atoms with E-state index in [1.165, 1.54) is 0 Å². The van der Waals surface area contributed by atoms with Crippen LogP contribution in [-0.4, -0.2) is 54.1 Å². The van der Waals surface area contributed by atoms with Crippen molar-refractivity contribution in [1.29, 1.82) is 0 Å². The smallest absolute Gasteiger partial charge is 0.321 e. The molecule has 0 saturated carbocycles. The van der Waals surface area contributed by atoms with Gasteiger partial charge in [-0.25, -0.2) is 0 Å². The highest BCUT2D eigenvalue weighted by atomic mass is 16.4. The summed E-state index contributed by atoms with van der Waals surface area (Å²) in [6.45, 7) is 8.73. The number of carboxylic acids is 1. The molecule has 146 valence electrons. The van der Waals surface area contributed by atoms with Gasteiger partial charge in [0.15, 0.2) is 0 Å². The summed E-state index contributed by atoms with van der Waals surface area (Å²) in [5.74, 6) is -1.87. The van der Waals surface area contributed by atoms with Gasteiger partial charge >= 0.3 is 5.97 Å². The van der Waals surface area contributed by atoms with E-state index >= 15 is 0 Å². The van der Waals surface area contributed by atoms with Crippen LogP contribution in [0, 0.1) is 10.8 Å². The van der Waals surface area contributed by atoms with E-state index in [0.717, 1.165) is 0 Å². The summed E-state index contributed by atoms with van der Waals surface area (Å²) in [6, 6.07) is -2.23. The number of rotatable bonds is 10. The summed E-state index contributed by atoms with van der Waals surface area (Å²) in [4.78, 5) is 35.8. The molecule has 0 heterocycles. The van der Waals surface area contributed by atoms with E-state index in [1.807, 2.05) is 0 Å². The van der Waals surface area contributed by atoms with Gasteiger partial charge in [-0.2, -0.15) is 0 Å². The monoisotopic (exact) mass is 359 g/mol. The molecule has 9 N–H and O–H groups in total. The van der Waals surface area contributed by atoms with Crippen LogP contribution < -0.4 is 27.8 Å². The normalized spacial score (nSPS) is 14.8. The number of amides is 2. The van der Waals surface area contributed by atoms with Crippen molar-refractivity contribution in [3.63, 3.8) is 0 Å². The summed E-state index contributed by atoms with van der Waals surface area (Å²) >= 11 is 0. The number of hydrogen-bond acceptors (Lipinski definition) is 6. The van der Waals surface area contributed by atoms with Gasteiger partial charge in [-0.3, -0.25) is 14.4 Å². The number of nitrogens with two attached hydrogens (primary N) is 3. The Morgan fingerprint density at radius 2 is 1.52 bits per heavy atom. The molecular weight excluding hydrogens is 326 g/mol. The van der Waals surface area contributed by atoms with Crippen molar-refractivity contribution in [3.8, 4) is 0 Å². The molecule has 0 aromatic carbocycles. The largest absolute Gasteiger partial charge is 0.480 e. The lowest BCUT2D eigenvalue weighted by molar-refractivity contribution is -0.143. The van der Waals surface area contributed by atoms with Gasteiger partial charge in [0.05, 0.1) is 6.04 Å². The molecule has 9 nitrogen and oxygen atoms in total. The molecule has 0 spiro atoms. The van der Waals surface area contributed by atoms with E-state index < -0.39 is 28.9 Å². The van der Waals surface area contributed by atoms with Crippen LogP contribution in [0.2, 0.25) is 0 Å². The van der Waals surface area contributed by atoms with Crippen molar-refractivity contribution < 1.29 is 19.5 Å². The maximum atomic E-state index is 12.5. The van der Waals surface area contributed by atoms with Crippen LogP contribution in [0.4, 0.5) is 0 Å². The van der Waals surface area contributed by atoms with Gasteiger partial charge in [0, 0.05) is 18.5 Å². The number of carboxylic acid groups (broad SMARTS) is 1. The van der Waals surface area contributed by atoms with Crippen molar-refractivity contribution in [1.82, 2.24) is 10.6 Å². The molecule has 0 saturated heterocycles. The van der Waals surface area contributed by atoms with Gasteiger partial charge in [-0.05, 0) is 18.8 Å². The molecule has 25 heavy (non-hydrogen) atoms. The minimum atomic E-state index is -1.12. The Kier molecular flexibility index (Phi) is 8.49. The van der Waals surface area contributed by atoms with E-state index in [0.29, 0.717) is 0 Å². The first kappa shape index (κ1) is 23.3. The predicted octanol–water partition coefficient (Wildman–Crippen LogP) is -1.25. The van der Waals surface area contributed by atoms with Gasteiger partial charge in [0.1, 0.15) is 12.1 Å². The van der Waals surface area contributed by atoms with Gasteiger partial charge in [0.2, 0.25) is 11.8 Å². The van der Waals surface area contributed by atoms with Crippen molar-refractivity contribution in [3.05, 3.63) is 0 Å². The van der Waals surface area contributed by atoms with Crippen LogP contribution in [0.5, 0.6) is 0 Å². The summed E-state index contributed by atoms with van der Waals surface area (Å²) in [6.07, 6.45) is 0.238. The standard InChI is InChI=1S/C16H33N5O4/c1-9(12(22)21-10(6-17)7-18)20-14(25)16(4,5)8-15(2,3)11(19)13(23)24/h9-11H,6-8,17-19H2,1-5H3,(H,20,25)(H,21,22)(H,23,24). The van der Waals surface area contributed by atoms with E-state index in [4.69, 9.17) is 22.3 Å². The van der Waals surface area contributed by atoms with E-state index in [2.05, 4.69) is 10.6 Å². The Morgan fingerprint density at radius 3 is 1.92 bits per heavy atom. The molecule has 0 aliphatic carbocycles. The van der Waals surface area contributed by atoms with Crippen LogP contribution in [0.25, 0.3) is 0 Å². The second-order valence-electron chi connectivity index (χ2n) is 7.74. The molecule has 0 fully saturated rings. The lowest BCUT2D eigenvalue weighted by Gasteiger charge is -2.36. The summed E-state index contributed by atoms with van der Waals surface area (Å²) in [7, 11) is 0. The summed E-state index contributed by atoms with van der Waals surface area (Å²) < 4.78 is 0. The number of hydrogen-bond donors (Lipinski definition) is 6. The van der Waals surface area contributed by atoms with Gasteiger partial charge in [-0.1, -0.05) is 27.7 Å². The van der Waals surface area contributed by atoms with Gasteiger partial charge < -0.3 is 32.9 Å². The SMILES string of the molecule is CC(NC(=O)C(C)(C)CC(C)(C)C(N)C(=O)O)C(=O)NC(CN)CN. The molecule has 0 aromatic rings. The predicted molar refractivity (Wildman–Crippen MR) is 95.4 cm³/mol. The first-order valence-electron chi connectivity index (χ1n) is 8.28. The molecule has 9 heteroatoms. The van der Waals surface area contributed by atoms with E-state index in [9.17, 15) is 14.4 Å². The van der Waals surface area contributed by atoms with Crippen LogP contribution in [-0.2, 0) is 14.4 Å². The molecule has 0 aliphatic heterocycles. The second-order valence-corrected chi connectivity index (χ2v) is 7.74. The highest BCUT2D eigenvalue weighted by molar-refractivity contribution is 5.89. The van der Waals surface area contributed by atoms with Gasteiger partial charge in [0.25, 0.3) is 0 Å². The fourth-order valence-electron chi connectivity index (χ4n) is 2.66. The molecule has 0 bridgehead atoms. The molecule has 0 rings (SSSR count). The van der Waals surface area contributed by atoms with Crippen molar-refractivity contribution in [2.24, 2.45) is 28.0 Å². The highest BCUT2D eigenvalue weighted by Gasteiger charge is 2.41. The second kappa shape index (κ2) is 9.12. The molecular formula is C16H33N5O4. The maximum absolute atomic E-state index is 12.5. The molecule has 2 atom stereocenters. The molecule has 2 unspecified atom stereocenters. The zero-order chi connectivity index (χ0) is 20.0. The number of carbonyl (C=O) groups excluding carboxylic acids is 2. The minimum absolute atomic E-state index is 0.204. The third kappa shape index (κ3) is 6.97.